The molecule has 3 rings (SSSR count). The third kappa shape index (κ3) is 2.58. The maximum absolute atomic E-state index is 12.4. The molecular formula is C15H10BrCl2NO. The zero-order valence-electron chi connectivity index (χ0n) is 10.4. The number of halogens is 3. The fourth-order valence-electron chi connectivity index (χ4n) is 2.36. The molecule has 0 aliphatic carbocycles. The zero-order chi connectivity index (χ0) is 14.3. The summed E-state index contributed by atoms with van der Waals surface area (Å²) in [6, 6.07) is 11.3. The summed E-state index contributed by atoms with van der Waals surface area (Å²) in [5, 5.41) is 0.989. The number of rotatable bonds is 2. The molecule has 0 saturated carbocycles. The molecule has 0 aromatic heterocycles. The minimum atomic E-state index is -0.0374. The van der Waals surface area contributed by atoms with Crippen molar-refractivity contribution >= 4 is 45.0 Å². The monoisotopic (exact) mass is 369 g/mol. The van der Waals surface area contributed by atoms with Gasteiger partial charge in [-0.1, -0.05) is 51.3 Å². The van der Waals surface area contributed by atoms with Gasteiger partial charge in [-0.15, -0.1) is 0 Å². The summed E-state index contributed by atoms with van der Waals surface area (Å²) >= 11 is 15.5. The zero-order valence-corrected chi connectivity index (χ0v) is 13.5. The van der Waals surface area contributed by atoms with Crippen molar-refractivity contribution in [2.75, 3.05) is 0 Å². The van der Waals surface area contributed by atoms with Crippen molar-refractivity contribution in [3.05, 3.63) is 67.6 Å². The average Bonchev–Trinajstić information content (AvgIpc) is 2.69. The van der Waals surface area contributed by atoms with Gasteiger partial charge in [-0.05, 0) is 35.4 Å². The molecule has 1 heterocycles. The van der Waals surface area contributed by atoms with Gasteiger partial charge in [0.2, 0.25) is 0 Å². The molecule has 5 heteroatoms. The van der Waals surface area contributed by atoms with Crippen LogP contribution in [0.1, 0.15) is 21.5 Å². The lowest BCUT2D eigenvalue weighted by molar-refractivity contribution is 0.0767. The van der Waals surface area contributed by atoms with Gasteiger partial charge in [-0.25, -0.2) is 0 Å². The van der Waals surface area contributed by atoms with Gasteiger partial charge in [0.25, 0.3) is 5.91 Å². The predicted octanol–water partition coefficient (Wildman–Crippen LogP) is 4.91. The first-order valence-corrected chi connectivity index (χ1v) is 7.61. The fourth-order valence-corrected chi connectivity index (χ4v) is 3.25. The van der Waals surface area contributed by atoms with Crippen LogP contribution in [0, 0.1) is 0 Å². The van der Waals surface area contributed by atoms with Crippen LogP contribution < -0.4 is 0 Å². The van der Waals surface area contributed by atoms with E-state index in [4.69, 9.17) is 23.2 Å². The number of carbonyl (C=O) groups excluding carboxylic acids is 1. The third-order valence-electron chi connectivity index (χ3n) is 3.29. The van der Waals surface area contributed by atoms with E-state index in [1.54, 1.807) is 11.0 Å². The standard InChI is InChI=1S/C15H10BrCl2NO/c16-11-3-1-9(2-4-11)7-19-8-10-5-12(17)6-13(18)14(10)15(19)20/h1-6H,7-8H2. The van der Waals surface area contributed by atoms with Gasteiger partial charge in [-0.2, -0.15) is 0 Å². The first kappa shape index (κ1) is 13.9. The van der Waals surface area contributed by atoms with Crippen molar-refractivity contribution in [2.24, 2.45) is 0 Å². The van der Waals surface area contributed by atoms with Crippen LogP contribution in [0.4, 0.5) is 0 Å². The highest BCUT2D eigenvalue weighted by atomic mass is 79.9. The molecule has 0 saturated heterocycles. The minimum absolute atomic E-state index is 0.0374. The second kappa shape index (κ2) is 5.40. The Balaban J connectivity index is 1.87. The summed E-state index contributed by atoms with van der Waals surface area (Å²) in [4.78, 5) is 14.2. The lowest BCUT2D eigenvalue weighted by Gasteiger charge is -2.15. The molecule has 0 radical (unpaired) electrons. The first-order chi connectivity index (χ1) is 9.54. The van der Waals surface area contributed by atoms with Crippen LogP contribution in [0.15, 0.2) is 40.9 Å². The molecule has 102 valence electrons. The summed E-state index contributed by atoms with van der Waals surface area (Å²) < 4.78 is 1.02. The molecule has 0 fully saturated rings. The number of hydrogen-bond donors (Lipinski definition) is 0. The molecule has 20 heavy (non-hydrogen) atoms. The van der Waals surface area contributed by atoms with Crippen molar-refractivity contribution in [3.63, 3.8) is 0 Å². The van der Waals surface area contributed by atoms with Gasteiger partial charge in [0.05, 0.1) is 10.6 Å². The maximum Gasteiger partial charge on any atom is 0.256 e. The first-order valence-electron chi connectivity index (χ1n) is 6.06. The lowest BCUT2D eigenvalue weighted by atomic mass is 10.1. The molecular weight excluding hydrogens is 361 g/mol. The van der Waals surface area contributed by atoms with Crippen LogP contribution in [-0.4, -0.2) is 10.8 Å². The van der Waals surface area contributed by atoms with Gasteiger partial charge in [-0.3, -0.25) is 4.79 Å². The average molecular weight is 371 g/mol. The van der Waals surface area contributed by atoms with Crippen LogP contribution in [0.25, 0.3) is 0 Å². The van der Waals surface area contributed by atoms with E-state index in [0.29, 0.717) is 28.7 Å². The molecule has 2 aromatic rings. The van der Waals surface area contributed by atoms with Crippen LogP contribution in [0.3, 0.4) is 0 Å². The summed E-state index contributed by atoms with van der Waals surface area (Å²) in [6.45, 7) is 1.11. The SMILES string of the molecule is O=C1c2c(Cl)cc(Cl)cc2CN1Cc1ccc(Br)cc1. The molecule has 1 aliphatic heterocycles. The summed E-state index contributed by atoms with van der Waals surface area (Å²) in [5.74, 6) is -0.0374. The van der Waals surface area contributed by atoms with E-state index in [1.165, 1.54) is 0 Å². The Morgan fingerprint density at radius 2 is 1.85 bits per heavy atom. The van der Waals surface area contributed by atoms with Crippen LogP contribution >= 0.6 is 39.1 Å². The van der Waals surface area contributed by atoms with Crippen molar-refractivity contribution in [2.45, 2.75) is 13.1 Å². The second-order valence-corrected chi connectivity index (χ2v) is 6.47. The van der Waals surface area contributed by atoms with E-state index >= 15 is 0 Å². The molecule has 1 amide bonds. The predicted molar refractivity (Wildman–Crippen MR) is 84.2 cm³/mol. The minimum Gasteiger partial charge on any atom is -0.330 e. The highest BCUT2D eigenvalue weighted by Crippen LogP contribution is 2.33. The molecule has 0 N–H and O–H groups in total. The number of amides is 1. The number of carbonyl (C=O) groups is 1. The van der Waals surface area contributed by atoms with Crippen LogP contribution in [-0.2, 0) is 13.1 Å². The summed E-state index contributed by atoms with van der Waals surface area (Å²) in [6.07, 6.45) is 0. The van der Waals surface area contributed by atoms with Crippen molar-refractivity contribution in [1.29, 1.82) is 0 Å². The molecule has 2 nitrogen and oxygen atoms in total. The van der Waals surface area contributed by atoms with E-state index in [-0.39, 0.29) is 5.91 Å². The lowest BCUT2D eigenvalue weighted by Crippen LogP contribution is -2.23. The number of hydrogen-bond acceptors (Lipinski definition) is 1. The Bertz CT molecular complexity index is 685. The van der Waals surface area contributed by atoms with Gasteiger partial charge in [0, 0.05) is 22.6 Å². The highest BCUT2D eigenvalue weighted by molar-refractivity contribution is 9.10. The molecule has 0 bridgehead atoms. The van der Waals surface area contributed by atoms with Crippen molar-refractivity contribution < 1.29 is 4.79 Å². The van der Waals surface area contributed by atoms with E-state index in [1.807, 2.05) is 30.3 Å². The number of benzene rings is 2. The highest BCUT2D eigenvalue weighted by Gasteiger charge is 2.30. The Hall–Kier alpha value is -1.03. The van der Waals surface area contributed by atoms with Gasteiger partial charge >= 0.3 is 0 Å². The Labute approximate surface area is 135 Å². The molecule has 2 aromatic carbocycles. The Morgan fingerprint density at radius 3 is 2.55 bits per heavy atom. The topological polar surface area (TPSA) is 20.3 Å². The fraction of sp³-hybridized carbons (Fsp3) is 0.133. The smallest absolute Gasteiger partial charge is 0.256 e. The summed E-state index contributed by atoms with van der Waals surface area (Å²) in [5.41, 5.74) is 2.55. The van der Waals surface area contributed by atoms with E-state index < -0.39 is 0 Å². The summed E-state index contributed by atoms with van der Waals surface area (Å²) in [7, 11) is 0. The molecule has 0 unspecified atom stereocenters. The number of fused-ring (bicyclic) bond motifs is 1. The second-order valence-electron chi connectivity index (χ2n) is 4.71. The largest absolute Gasteiger partial charge is 0.330 e. The van der Waals surface area contributed by atoms with Gasteiger partial charge < -0.3 is 4.90 Å². The van der Waals surface area contributed by atoms with E-state index in [2.05, 4.69) is 15.9 Å². The molecule has 1 aliphatic rings. The van der Waals surface area contributed by atoms with Crippen molar-refractivity contribution in [1.82, 2.24) is 4.90 Å². The van der Waals surface area contributed by atoms with Gasteiger partial charge in [0.15, 0.2) is 0 Å². The Kier molecular flexibility index (Phi) is 3.76. The quantitative estimate of drug-likeness (QED) is 0.735. The van der Waals surface area contributed by atoms with Gasteiger partial charge in [0.1, 0.15) is 0 Å². The third-order valence-corrected chi connectivity index (χ3v) is 4.33. The van der Waals surface area contributed by atoms with E-state index in [9.17, 15) is 4.79 Å². The van der Waals surface area contributed by atoms with Crippen LogP contribution in [0.2, 0.25) is 10.0 Å². The number of nitrogens with zero attached hydrogens (tertiary/aromatic N) is 1. The van der Waals surface area contributed by atoms with Crippen molar-refractivity contribution in [3.8, 4) is 0 Å². The Morgan fingerprint density at radius 1 is 1.15 bits per heavy atom. The molecule has 0 atom stereocenters. The maximum atomic E-state index is 12.4. The van der Waals surface area contributed by atoms with E-state index in [0.717, 1.165) is 15.6 Å². The molecule has 0 spiro atoms. The normalized spacial score (nSPS) is 13.8. The van der Waals surface area contributed by atoms with Crippen LogP contribution in [0.5, 0.6) is 0 Å².